The first-order valence-electron chi connectivity index (χ1n) is 7.99. The van der Waals surface area contributed by atoms with Crippen LogP contribution in [0.2, 0.25) is 0 Å². The van der Waals surface area contributed by atoms with Gasteiger partial charge in [0.1, 0.15) is 25.1 Å². The molecule has 8 N–H and O–H groups in total. The number of hydrogen-bond acceptors (Lipinski definition) is 6. The van der Waals surface area contributed by atoms with Gasteiger partial charge in [-0.2, -0.15) is 0 Å². The molecule has 0 bridgehead atoms. The Morgan fingerprint density at radius 2 is 0.655 bits per heavy atom. The molecule has 0 rings (SSSR count). The molecule has 0 amide bonds. The van der Waals surface area contributed by atoms with Gasteiger partial charge in [-0.1, -0.05) is 12.8 Å². The summed E-state index contributed by atoms with van der Waals surface area (Å²) in [5.41, 5.74) is 0. The molecule has 0 aliphatic carbocycles. The van der Waals surface area contributed by atoms with Crippen molar-refractivity contribution in [3.8, 4) is 0 Å². The number of hydrogen-bond donors (Lipinski definition) is 8. The predicted molar refractivity (Wildman–Crippen MR) is 105 cm³/mol. The molecule has 0 spiro atoms. The molecule has 0 aliphatic heterocycles. The fourth-order valence-corrected chi connectivity index (χ4v) is 5.80. The van der Waals surface area contributed by atoms with E-state index in [2.05, 4.69) is 0 Å². The minimum atomic E-state index is -4.49. The molecule has 0 aromatic rings. The monoisotopic (exact) mass is 515 g/mol. The first kappa shape index (κ1) is 32.7. The zero-order valence-corrected chi connectivity index (χ0v) is 21.5. The Labute approximate surface area is 190 Å². The third-order valence-corrected chi connectivity index (χ3v) is 6.31. The fraction of sp³-hybridized carbons (Fsp3) is 1.00. The predicted octanol–water partition coefficient (Wildman–Crippen LogP) is -0.689. The minimum Gasteiger partial charge on any atom is -0.324 e. The normalized spacial score (nSPS) is 13.7. The number of nitrogens with zero attached hydrogens (tertiary/aromatic N) is 2. The molecule has 0 saturated carbocycles. The van der Waals surface area contributed by atoms with E-state index in [0.29, 0.717) is 25.7 Å². The summed E-state index contributed by atoms with van der Waals surface area (Å²) in [5.74, 6) is 0. The van der Waals surface area contributed by atoms with Gasteiger partial charge in [0.05, 0.1) is 0 Å². The standard InChI is InChI=1S/C10H28N2O12P4.Na/c13-25(14,15)7-11(8-26(16,17)18)5-3-1-2-4-6-12(9-27(19,20)21)10-28(22,23)24;/h1-10H2,(H2,13,14,15)(H2,16,17,18)(H2,19,20,21)(H2,22,23,24);. The summed E-state index contributed by atoms with van der Waals surface area (Å²) in [6.45, 7) is 0.0375. The molecular formula is C10H28N2NaO12P4. The van der Waals surface area contributed by atoms with Gasteiger partial charge < -0.3 is 39.1 Å². The summed E-state index contributed by atoms with van der Waals surface area (Å²) in [7, 11) is -18.0. The maximum absolute atomic E-state index is 11.0. The van der Waals surface area contributed by atoms with Crippen LogP contribution in [0.4, 0.5) is 0 Å². The summed E-state index contributed by atoms with van der Waals surface area (Å²) >= 11 is 0. The van der Waals surface area contributed by atoms with Crippen LogP contribution in [0.3, 0.4) is 0 Å². The Bertz CT molecular complexity index is 553. The molecule has 0 unspecified atom stereocenters. The molecule has 14 nitrogen and oxygen atoms in total. The molecule has 19 heteroatoms. The van der Waals surface area contributed by atoms with Crippen molar-refractivity contribution in [3.63, 3.8) is 0 Å². The number of rotatable bonds is 15. The van der Waals surface area contributed by atoms with Crippen molar-refractivity contribution in [2.45, 2.75) is 25.7 Å². The van der Waals surface area contributed by atoms with Crippen molar-refractivity contribution >= 4 is 59.9 Å². The maximum atomic E-state index is 11.0. The average molecular weight is 515 g/mol. The third-order valence-electron chi connectivity index (χ3n) is 3.24. The zero-order valence-electron chi connectivity index (χ0n) is 16.0. The van der Waals surface area contributed by atoms with Gasteiger partial charge in [0, 0.05) is 29.6 Å². The quantitative estimate of drug-likeness (QED) is 0.0766. The van der Waals surface area contributed by atoms with Gasteiger partial charge in [-0.25, -0.2) is 0 Å². The van der Waals surface area contributed by atoms with Crippen LogP contribution in [0.5, 0.6) is 0 Å². The molecule has 0 fully saturated rings. The second-order valence-electron chi connectivity index (χ2n) is 6.43. The van der Waals surface area contributed by atoms with E-state index in [1.807, 2.05) is 0 Å². The second-order valence-corrected chi connectivity index (χ2v) is 12.9. The Morgan fingerprint density at radius 1 is 0.448 bits per heavy atom. The zero-order chi connectivity index (χ0) is 22.2. The largest absolute Gasteiger partial charge is 0.339 e. The molecule has 171 valence electrons. The van der Waals surface area contributed by atoms with Crippen LogP contribution in [-0.2, 0) is 18.3 Å². The SMILES string of the molecule is O=P(O)(O)CN(CCCCCCN(CP(=O)(O)O)CP(=O)(O)O)CP(=O)(O)O.[Na]. The van der Waals surface area contributed by atoms with E-state index >= 15 is 0 Å². The summed E-state index contributed by atoms with van der Waals surface area (Å²) in [6, 6.07) is 0. The van der Waals surface area contributed by atoms with Crippen molar-refractivity contribution in [2.75, 3.05) is 38.2 Å². The second kappa shape index (κ2) is 13.9. The van der Waals surface area contributed by atoms with Crippen molar-refractivity contribution in [2.24, 2.45) is 0 Å². The van der Waals surface area contributed by atoms with E-state index in [9.17, 15) is 18.3 Å². The Kier molecular flexibility index (Phi) is 15.7. The molecular weight excluding hydrogens is 487 g/mol. The summed E-state index contributed by atoms with van der Waals surface area (Å²) in [6.07, 6.45) is -1.55. The van der Waals surface area contributed by atoms with Gasteiger partial charge in [0.2, 0.25) is 0 Å². The molecule has 0 saturated heterocycles. The van der Waals surface area contributed by atoms with Crippen molar-refractivity contribution in [1.82, 2.24) is 9.80 Å². The van der Waals surface area contributed by atoms with Crippen molar-refractivity contribution < 1.29 is 57.4 Å². The van der Waals surface area contributed by atoms with Crippen LogP contribution in [0.25, 0.3) is 0 Å². The average Bonchev–Trinajstić information content (AvgIpc) is 2.34. The first-order chi connectivity index (χ1) is 12.4. The van der Waals surface area contributed by atoms with Gasteiger partial charge in [-0.15, -0.1) is 0 Å². The fourth-order valence-electron chi connectivity index (χ4n) is 2.44. The van der Waals surface area contributed by atoms with Gasteiger partial charge in [-0.3, -0.25) is 28.1 Å². The van der Waals surface area contributed by atoms with Crippen molar-refractivity contribution in [1.29, 1.82) is 0 Å². The van der Waals surface area contributed by atoms with Gasteiger partial charge in [-0.05, 0) is 25.9 Å². The van der Waals surface area contributed by atoms with E-state index in [1.165, 1.54) is 0 Å². The van der Waals surface area contributed by atoms with Crippen molar-refractivity contribution in [3.05, 3.63) is 0 Å². The van der Waals surface area contributed by atoms with Gasteiger partial charge in [0.25, 0.3) is 0 Å². The molecule has 0 atom stereocenters. The summed E-state index contributed by atoms with van der Waals surface area (Å²) in [5, 5.41) is 0. The van der Waals surface area contributed by atoms with Crippen LogP contribution in [-0.4, -0.2) is 117 Å². The Morgan fingerprint density at radius 3 is 0.828 bits per heavy atom. The molecule has 0 aromatic heterocycles. The van der Waals surface area contributed by atoms with E-state index in [4.69, 9.17) is 39.1 Å². The Balaban J connectivity index is 0. The summed E-state index contributed by atoms with van der Waals surface area (Å²) in [4.78, 5) is 73.6. The van der Waals surface area contributed by atoms with Crippen LogP contribution >= 0.6 is 30.4 Å². The van der Waals surface area contributed by atoms with Crippen LogP contribution in [0, 0.1) is 0 Å². The first-order valence-corrected chi connectivity index (χ1v) is 15.2. The summed E-state index contributed by atoms with van der Waals surface area (Å²) < 4.78 is 44.1. The van der Waals surface area contributed by atoms with Gasteiger partial charge in [0.15, 0.2) is 0 Å². The smallest absolute Gasteiger partial charge is 0.324 e. The van der Waals surface area contributed by atoms with Crippen LogP contribution < -0.4 is 0 Å². The molecule has 1 radical (unpaired) electrons. The van der Waals surface area contributed by atoms with Crippen LogP contribution in [0.1, 0.15) is 25.7 Å². The number of unbranched alkanes of at least 4 members (excludes halogenated alkanes) is 3. The minimum absolute atomic E-state index is 0. The molecule has 0 aromatic carbocycles. The van der Waals surface area contributed by atoms with E-state index < -0.39 is 55.5 Å². The molecule has 0 heterocycles. The molecule has 29 heavy (non-hydrogen) atoms. The third kappa shape index (κ3) is 24.0. The molecule has 0 aliphatic rings. The van der Waals surface area contributed by atoms with Gasteiger partial charge >= 0.3 is 30.4 Å². The van der Waals surface area contributed by atoms with E-state index in [1.54, 1.807) is 0 Å². The Hall–Kier alpha value is 1.52. The topological polar surface area (TPSA) is 237 Å². The van der Waals surface area contributed by atoms with E-state index in [-0.39, 0.29) is 42.6 Å². The van der Waals surface area contributed by atoms with E-state index in [0.717, 1.165) is 9.80 Å². The maximum Gasteiger partial charge on any atom is 0.339 e. The van der Waals surface area contributed by atoms with Crippen LogP contribution in [0.15, 0.2) is 0 Å².